The van der Waals surface area contributed by atoms with Gasteiger partial charge >= 0.3 is 0 Å². The maximum absolute atomic E-state index is 4.12. The molecular weight excluding hydrogens is 334 g/mol. The number of rotatable bonds is 3. The van der Waals surface area contributed by atoms with Gasteiger partial charge in [-0.2, -0.15) is 10.2 Å². The summed E-state index contributed by atoms with van der Waals surface area (Å²) in [5, 5.41) is 7.68. The van der Waals surface area contributed by atoms with Crippen molar-refractivity contribution in [2.24, 2.45) is 0 Å². The van der Waals surface area contributed by atoms with Crippen molar-refractivity contribution >= 4 is 0 Å². The zero-order valence-electron chi connectivity index (χ0n) is 17.2. The van der Waals surface area contributed by atoms with E-state index in [4.69, 9.17) is 0 Å². The van der Waals surface area contributed by atoms with Crippen molar-refractivity contribution in [3.8, 4) is 0 Å². The summed E-state index contributed by atoms with van der Waals surface area (Å²) in [6.07, 6.45) is 10.5. The van der Waals surface area contributed by atoms with Crippen LogP contribution in [0, 0.1) is 0 Å². The molecule has 5 nitrogen and oxygen atoms in total. The van der Waals surface area contributed by atoms with Gasteiger partial charge in [-0.15, -0.1) is 0 Å². The fraction of sp³-hybridized carbons (Fsp3) is 0.409. The average Bonchev–Trinajstić information content (AvgIpc) is 2.71. The number of nitrogens with zero attached hydrogens (tertiary/aromatic N) is 5. The second-order valence-electron chi connectivity index (χ2n) is 7.02. The van der Waals surface area contributed by atoms with Crippen molar-refractivity contribution < 1.29 is 0 Å². The molecule has 0 saturated heterocycles. The van der Waals surface area contributed by atoms with Crippen LogP contribution in [0.15, 0.2) is 61.4 Å². The van der Waals surface area contributed by atoms with Crippen molar-refractivity contribution in [1.29, 1.82) is 0 Å². The maximum atomic E-state index is 4.12. The minimum Gasteiger partial charge on any atom is -0.265 e. The van der Waals surface area contributed by atoms with Gasteiger partial charge in [-0.1, -0.05) is 41.5 Å². The molecule has 27 heavy (non-hydrogen) atoms. The summed E-state index contributed by atoms with van der Waals surface area (Å²) in [4.78, 5) is 12.0. The second-order valence-corrected chi connectivity index (χ2v) is 7.02. The maximum Gasteiger partial charge on any atom is 0.0656 e. The molecular formula is C22H31N5. The Morgan fingerprint density at radius 1 is 0.630 bits per heavy atom. The number of aromatic nitrogens is 5. The van der Waals surface area contributed by atoms with E-state index in [1.807, 2.05) is 36.7 Å². The standard InChI is InChI=1S/C8H11N.2C7H10N2/c1-7(2)8-3-5-9-6-4-8;1-6(2)7-5-8-3-4-9-7;1-6(2)7-4-3-5-8-9-7/h3-7H,1-2H3;2*3-6H,1-2H3. The molecule has 0 unspecified atom stereocenters. The van der Waals surface area contributed by atoms with E-state index in [0.29, 0.717) is 17.8 Å². The molecule has 0 bridgehead atoms. The zero-order valence-corrected chi connectivity index (χ0v) is 17.2. The highest BCUT2D eigenvalue weighted by Crippen LogP contribution is 2.11. The Hall–Kier alpha value is -2.69. The molecule has 0 fully saturated rings. The Kier molecular flexibility index (Phi) is 10.5. The van der Waals surface area contributed by atoms with Gasteiger partial charge < -0.3 is 0 Å². The Labute approximate surface area is 163 Å². The van der Waals surface area contributed by atoms with Crippen LogP contribution in [0.5, 0.6) is 0 Å². The average molecular weight is 366 g/mol. The van der Waals surface area contributed by atoms with E-state index >= 15 is 0 Å². The molecule has 0 radical (unpaired) electrons. The van der Waals surface area contributed by atoms with Crippen LogP contribution >= 0.6 is 0 Å². The topological polar surface area (TPSA) is 64.5 Å². The Bertz CT molecular complexity index is 610. The number of hydrogen-bond donors (Lipinski definition) is 0. The summed E-state index contributed by atoms with van der Waals surface area (Å²) >= 11 is 0. The molecule has 0 aliphatic heterocycles. The monoisotopic (exact) mass is 365 g/mol. The lowest BCUT2D eigenvalue weighted by molar-refractivity contribution is 0.785. The molecule has 3 rings (SSSR count). The molecule has 0 amide bonds. The summed E-state index contributed by atoms with van der Waals surface area (Å²) in [6, 6.07) is 7.98. The predicted molar refractivity (Wildman–Crippen MR) is 111 cm³/mol. The summed E-state index contributed by atoms with van der Waals surface area (Å²) in [5.41, 5.74) is 3.46. The van der Waals surface area contributed by atoms with Gasteiger partial charge in [0.05, 0.1) is 11.4 Å². The van der Waals surface area contributed by atoms with E-state index in [-0.39, 0.29) is 0 Å². The molecule has 0 aliphatic rings. The first-order valence-electron chi connectivity index (χ1n) is 9.35. The molecule has 0 aliphatic carbocycles. The third-order valence-electron chi connectivity index (χ3n) is 3.73. The fourth-order valence-corrected chi connectivity index (χ4v) is 1.98. The van der Waals surface area contributed by atoms with Crippen LogP contribution < -0.4 is 0 Å². The molecule has 5 heteroatoms. The summed E-state index contributed by atoms with van der Waals surface area (Å²) < 4.78 is 0. The van der Waals surface area contributed by atoms with Gasteiger partial charge in [0.1, 0.15) is 0 Å². The minimum absolute atomic E-state index is 0.485. The summed E-state index contributed by atoms with van der Waals surface area (Å²) in [7, 11) is 0. The van der Waals surface area contributed by atoms with Crippen molar-refractivity contribution in [2.75, 3.05) is 0 Å². The van der Waals surface area contributed by atoms with Gasteiger partial charge in [-0.25, -0.2) is 0 Å². The highest BCUT2D eigenvalue weighted by atomic mass is 15.1. The minimum atomic E-state index is 0.485. The quantitative estimate of drug-likeness (QED) is 0.621. The lowest BCUT2D eigenvalue weighted by Gasteiger charge is -2.01. The highest BCUT2D eigenvalue weighted by Gasteiger charge is 1.97. The molecule has 144 valence electrons. The van der Waals surface area contributed by atoms with Gasteiger partial charge in [-0.3, -0.25) is 15.0 Å². The first-order chi connectivity index (χ1) is 12.9. The molecule has 3 aromatic rings. The lowest BCUT2D eigenvalue weighted by atomic mass is 10.1. The Morgan fingerprint density at radius 2 is 1.30 bits per heavy atom. The third-order valence-corrected chi connectivity index (χ3v) is 3.73. The molecule has 3 aromatic heterocycles. The first kappa shape index (κ1) is 22.4. The van der Waals surface area contributed by atoms with Crippen molar-refractivity contribution in [2.45, 2.75) is 59.3 Å². The molecule has 0 aromatic carbocycles. The lowest BCUT2D eigenvalue weighted by Crippen LogP contribution is -1.92. The van der Waals surface area contributed by atoms with Crippen LogP contribution in [0.4, 0.5) is 0 Å². The normalized spacial score (nSPS) is 10.1. The largest absolute Gasteiger partial charge is 0.265 e. The number of pyridine rings is 1. The van der Waals surface area contributed by atoms with Gasteiger partial charge in [0, 0.05) is 37.2 Å². The second kappa shape index (κ2) is 12.6. The molecule has 3 heterocycles. The predicted octanol–water partition coefficient (Wildman–Crippen LogP) is 5.41. The van der Waals surface area contributed by atoms with E-state index < -0.39 is 0 Å². The van der Waals surface area contributed by atoms with Crippen LogP contribution in [0.3, 0.4) is 0 Å². The van der Waals surface area contributed by atoms with Crippen molar-refractivity contribution in [3.05, 3.63) is 78.4 Å². The van der Waals surface area contributed by atoms with E-state index in [1.54, 1.807) is 24.8 Å². The zero-order chi connectivity index (χ0) is 20.1. The third kappa shape index (κ3) is 9.54. The van der Waals surface area contributed by atoms with E-state index in [1.165, 1.54) is 5.56 Å². The van der Waals surface area contributed by atoms with Crippen molar-refractivity contribution in [1.82, 2.24) is 25.1 Å². The Balaban J connectivity index is 0.000000202. The van der Waals surface area contributed by atoms with Crippen LogP contribution in [0.1, 0.15) is 76.2 Å². The smallest absolute Gasteiger partial charge is 0.0656 e. The van der Waals surface area contributed by atoms with Crippen LogP contribution in [0.25, 0.3) is 0 Å². The van der Waals surface area contributed by atoms with Crippen LogP contribution in [0.2, 0.25) is 0 Å². The molecule has 0 N–H and O–H groups in total. The van der Waals surface area contributed by atoms with E-state index in [9.17, 15) is 0 Å². The number of hydrogen-bond acceptors (Lipinski definition) is 5. The van der Waals surface area contributed by atoms with Crippen LogP contribution in [-0.2, 0) is 0 Å². The first-order valence-corrected chi connectivity index (χ1v) is 9.35. The fourth-order valence-electron chi connectivity index (χ4n) is 1.98. The van der Waals surface area contributed by atoms with E-state index in [2.05, 4.69) is 66.7 Å². The van der Waals surface area contributed by atoms with Crippen molar-refractivity contribution in [3.63, 3.8) is 0 Å². The summed E-state index contributed by atoms with van der Waals surface area (Å²) in [5.74, 6) is 1.59. The SMILES string of the molecule is CC(C)c1cccnn1.CC(C)c1ccncc1.CC(C)c1cnccn1. The Morgan fingerprint density at radius 3 is 1.63 bits per heavy atom. The van der Waals surface area contributed by atoms with E-state index in [0.717, 1.165) is 11.4 Å². The van der Waals surface area contributed by atoms with Gasteiger partial charge in [0.25, 0.3) is 0 Å². The molecule has 0 spiro atoms. The molecule has 0 atom stereocenters. The van der Waals surface area contributed by atoms with Crippen LogP contribution in [-0.4, -0.2) is 25.1 Å². The van der Waals surface area contributed by atoms with Gasteiger partial charge in [0.2, 0.25) is 0 Å². The highest BCUT2D eigenvalue weighted by molar-refractivity contribution is 5.13. The van der Waals surface area contributed by atoms with Gasteiger partial charge in [0.15, 0.2) is 0 Å². The molecule has 0 saturated carbocycles. The van der Waals surface area contributed by atoms with Gasteiger partial charge in [-0.05, 0) is 47.6 Å². The summed E-state index contributed by atoms with van der Waals surface area (Å²) in [6.45, 7) is 12.8.